The number of ether oxygens (including phenoxy) is 1. The van der Waals surface area contributed by atoms with E-state index in [0.29, 0.717) is 0 Å². The van der Waals surface area contributed by atoms with Crippen LogP contribution in [0.5, 0.6) is 5.75 Å². The molecule has 20 heavy (non-hydrogen) atoms. The van der Waals surface area contributed by atoms with Gasteiger partial charge in [-0.15, -0.1) is 12.8 Å². The molecule has 0 aromatic heterocycles. The van der Waals surface area contributed by atoms with Crippen molar-refractivity contribution in [3.63, 3.8) is 0 Å². The highest BCUT2D eigenvalue weighted by atomic mass is 16.5. The van der Waals surface area contributed by atoms with Gasteiger partial charge in [0.15, 0.2) is 0 Å². The first-order chi connectivity index (χ1) is 9.78. The third-order valence-corrected chi connectivity index (χ3v) is 4.49. The lowest BCUT2D eigenvalue weighted by Crippen LogP contribution is -2.12. The molecule has 0 amide bonds. The Morgan fingerprint density at radius 1 is 1.15 bits per heavy atom. The molecule has 1 aliphatic carbocycles. The maximum absolute atomic E-state index is 5.64. The van der Waals surface area contributed by atoms with Crippen molar-refractivity contribution in [2.24, 2.45) is 11.8 Å². The maximum Gasteiger partial charge on any atom is 0.119 e. The van der Waals surface area contributed by atoms with E-state index in [-0.39, 0.29) is 0 Å². The van der Waals surface area contributed by atoms with Crippen molar-refractivity contribution in [1.29, 1.82) is 0 Å². The summed E-state index contributed by atoms with van der Waals surface area (Å²) in [5.74, 6) is 2.88. The van der Waals surface area contributed by atoms with E-state index in [0.717, 1.165) is 30.6 Å². The van der Waals surface area contributed by atoms with E-state index in [9.17, 15) is 0 Å². The molecule has 0 radical (unpaired) electrons. The smallest absolute Gasteiger partial charge is 0.119 e. The second kappa shape index (κ2) is 8.24. The van der Waals surface area contributed by atoms with E-state index >= 15 is 0 Å². The Hall–Kier alpha value is -1.11. The highest BCUT2D eigenvalue weighted by Gasteiger charge is 2.17. The van der Waals surface area contributed by atoms with E-state index < -0.39 is 0 Å². The topological polar surface area (TPSA) is 9.23 Å². The third-order valence-electron chi connectivity index (χ3n) is 4.49. The van der Waals surface area contributed by atoms with Crippen LogP contribution in [0, 0.1) is 25.2 Å². The highest BCUT2D eigenvalue weighted by Crippen LogP contribution is 2.31. The molecule has 1 aromatic rings. The number of aryl methyl sites for hydroxylation is 1. The molecule has 1 fully saturated rings. The van der Waals surface area contributed by atoms with Crippen molar-refractivity contribution in [2.45, 2.75) is 51.9 Å². The molecule has 0 aliphatic heterocycles. The Morgan fingerprint density at radius 3 is 2.50 bits per heavy atom. The highest BCUT2D eigenvalue weighted by molar-refractivity contribution is 5.27. The first kappa shape index (κ1) is 15.3. The second-order valence-corrected chi connectivity index (χ2v) is 6.23. The van der Waals surface area contributed by atoms with E-state index in [1.807, 2.05) is 6.42 Å². The fourth-order valence-electron chi connectivity index (χ4n) is 3.00. The zero-order chi connectivity index (χ0) is 14.2. The summed E-state index contributed by atoms with van der Waals surface area (Å²) in [6, 6.07) is 8.63. The van der Waals surface area contributed by atoms with Gasteiger partial charge in [-0.2, -0.15) is 0 Å². The summed E-state index contributed by atoms with van der Waals surface area (Å²) < 4.78 is 5.64. The molecule has 0 unspecified atom stereocenters. The van der Waals surface area contributed by atoms with Crippen LogP contribution in [0.25, 0.3) is 0 Å². The zero-order valence-corrected chi connectivity index (χ0v) is 12.8. The molecule has 1 heteroatoms. The van der Waals surface area contributed by atoms with Gasteiger partial charge in [0, 0.05) is 0 Å². The molecule has 1 saturated carbocycles. The first-order valence-electron chi connectivity index (χ1n) is 8.10. The average Bonchev–Trinajstić information content (AvgIpc) is 2.48. The van der Waals surface area contributed by atoms with E-state index in [4.69, 9.17) is 4.74 Å². The zero-order valence-electron chi connectivity index (χ0n) is 12.8. The van der Waals surface area contributed by atoms with Gasteiger partial charge in [-0.25, -0.2) is 0 Å². The monoisotopic (exact) mass is 272 g/mol. The average molecular weight is 272 g/mol. The quantitative estimate of drug-likeness (QED) is 0.486. The van der Waals surface area contributed by atoms with Crippen molar-refractivity contribution in [3.05, 3.63) is 43.2 Å². The van der Waals surface area contributed by atoms with Crippen LogP contribution in [-0.2, 0) is 6.42 Å². The fraction of sp³-hybridized carbons (Fsp3) is 0.579. The predicted molar refractivity (Wildman–Crippen MR) is 85.7 cm³/mol. The minimum atomic E-state index is 0.725. The van der Waals surface area contributed by atoms with Crippen molar-refractivity contribution >= 4 is 0 Å². The van der Waals surface area contributed by atoms with E-state index in [1.54, 1.807) is 0 Å². The second-order valence-electron chi connectivity index (χ2n) is 6.23. The minimum Gasteiger partial charge on any atom is -0.496 e. The molecular weight excluding hydrogens is 244 g/mol. The van der Waals surface area contributed by atoms with Crippen molar-refractivity contribution in [1.82, 2.24) is 0 Å². The number of hydrogen-bond donors (Lipinski definition) is 0. The Labute approximate surface area is 124 Å². The van der Waals surface area contributed by atoms with Crippen LogP contribution < -0.4 is 4.74 Å². The van der Waals surface area contributed by atoms with Crippen LogP contribution in [0.1, 0.15) is 51.0 Å². The standard InChI is InChI=1S/C19H28O/c1-3-4-15-20-19-13-11-18(12-14-19)10-9-17-7-5-16(2)6-8-17/h3,11-14,16-17H,1,4-10,15H2,2H3. The van der Waals surface area contributed by atoms with Crippen LogP contribution in [0.3, 0.4) is 0 Å². The van der Waals surface area contributed by atoms with Gasteiger partial charge < -0.3 is 4.74 Å². The predicted octanol–water partition coefficient (Wildman–Crippen LogP) is 5.25. The molecule has 0 N–H and O–H groups in total. The molecule has 1 nitrogen and oxygen atoms in total. The summed E-state index contributed by atoms with van der Waals surface area (Å²) in [4.78, 5) is 0. The summed E-state index contributed by atoms with van der Waals surface area (Å²) in [5, 5.41) is 0. The summed E-state index contributed by atoms with van der Waals surface area (Å²) >= 11 is 0. The first-order valence-corrected chi connectivity index (χ1v) is 8.10. The Bertz CT molecular complexity index is 360. The van der Waals surface area contributed by atoms with Crippen molar-refractivity contribution in [2.75, 3.05) is 6.61 Å². The summed E-state index contributed by atoms with van der Waals surface area (Å²) in [7, 11) is 0. The van der Waals surface area contributed by atoms with Crippen LogP contribution in [0.15, 0.2) is 24.3 Å². The lowest BCUT2D eigenvalue weighted by Gasteiger charge is -2.26. The lowest BCUT2D eigenvalue weighted by atomic mass is 9.80. The van der Waals surface area contributed by atoms with Gasteiger partial charge in [-0.1, -0.05) is 51.7 Å². The van der Waals surface area contributed by atoms with Crippen molar-refractivity contribution in [3.8, 4) is 5.75 Å². The molecule has 1 aliphatic rings. The Balaban J connectivity index is 1.70. The van der Waals surface area contributed by atoms with Crippen LogP contribution in [-0.4, -0.2) is 6.61 Å². The molecule has 2 rings (SSSR count). The summed E-state index contributed by atoms with van der Waals surface area (Å²) in [6.45, 7) is 6.81. The molecule has 0 bridgehead atoms. The van der Waals surface area contributed by atoms with E-state index in [1.165, 1.54) is 44.1 Å². The minimum absolute atomic E-state index is 0.725. The SMILES string of the molecule is [CH2+][CH-]CCOc1ccc(CCC2CCC(C)CC2)cc1. The number of rotatable bonds is 7. The van der Waals surface area contributed by atoms with Gasteiger partial charge in [-0.3, -0.25) is 0 Å². The Kier molecular flexibility index (Phi) is 6.29. The maximum atomic E-state index is 5.64. The van der Waals surface area contributed by atoms with Gasteiger partial charge in [0.1, 0.15) is 5.75 Å². The molecular formula is C19H28O. The molecule has 0 heterocycles. The van der Waals surface area contributed by atoms with Crippen LogP contribution >= 0.6 is 0 Å². The molecule has 0 atom stereocenters. The molecule has 0 spiro atoms. The van der Waals surface area contributed by atoms with Gasteiger partial charge in [-0.05, 0) is 42.4 Å². The lowest BCUT2D eigenvalue weighted by molar-refractivity contribution is 0.277. The summed E-state index contributed by atoms with van der Waals surface area (Å²) in [6.07, 6.45) is 11.1. The summed E-state index contributed by atoms with van der Waals surface area (Å²) in [5.41, 5.74) is 1.44. The number of hydrogen-bond acceptors (Lipinski definition) is 1. The van der Waals surface area contributed by atoms with Crippen LogP contribution in [0.2, 0.25) is 0 Å². The van der Waals surface area contributed by atoms with E-state index in [2.05, 4.69) is 38.1 Å². The van der Waals surface area contributed by atoms with Gasteiger partial charge in [0.25, 0.3) is 0 Å². The molecule has 110 valence electrons. The molecule has 0 saturated heterocycles. The fourth-order valence-corrected chi connectivity index (χ4v) is 3.00. The van der Waals surface area contributed by atoms with Gasteiger partial charge in [0.05, 0.1) is 6.61 Å². The van der Waals surface area contributed by atoms with Crippen molar-refractivity contribution < 1.29 is 4.74 Å². The number of unbranched alkanes of at least 4 members (excludes halogenated alkanes) is 1. The molecule has 1 aromatic carbocycles. The van der Waals surface area contributed by atoms with Gasteiger partial charge >= 0.3 is 0 Å². The number of benzene rings is 1. The van der Waals surface area contributed by atoms with Gasteiger partial charge in [0.2, 0.25) is 0 Å². The Morgan fingerprint density at radius 2 is 1.85 bits per heavy atom. The van der Waals surface area contributed by atoms with Crippen LogP contribution in [0.4, 0.5) is 0 Å². The largest absolute Gasteiger partial charge is 0.496 e. The normalized spacial score (nSPS) is 22.6. The third kappa shape index (κ3) is 5.11.